The lowest BCUT2D eigenvalue weighted by Crippen LogP contribution is -2.38. The monoisotopic (exact) mass is 227 g/mol. The van der Waals surface area contributed by atoms with E-state index in [0.29, 0.717) is 23.8 Å². The summed E-state index contributed by atoms with van der Waals surface area (Å²) in [6.07, 6.45) is 5.27. The van der Waals surface area contributed by atoms with Crippen LogP contribution in [0.25, 0.3) is 0 Å². The average Bonchev–Trinajstić information content (AvgIpc) is 2.28. The van der Waals surface area contributed by atoms with E-state index in [0.717, 1.165) is 13.0 Å². The van der Waals surface area contributed by atoms with Crippen LogP contribution in [0.1, 0.15) is 19.3 Å². The van der Waals surface area contributed by atoms with Crippen molar-refractivity contribution >= 4 is 11.6 Å². The Balaban J connectivity index is 1.81. The minimum Gasteiger partial charge on any atom is -0.462 e. The van der Waals surface area contributed by atoms with Crippen molar-refractivity contribution in [2.45, 2.75) is 25.3 Å². The van der Waals surface area contributed by atoms with Gasteiger partial charge in [-0.05, 0) is 25.5 Å². The molecule has 0 spiro atoms. The van der Waals surface area contributed by atoms with Gasteiger partial charge in [0.25, 0.3) is 0 Å². The van der Waals surface area contributed by atoms with E-state index >= 15 is 0 Å². The van der Waals surface area contributed by atoms with Gasteiger partial charge in [-0.15, -0.1) is 0 Å². The minimum absolute atomic E-state index is 0.356. The fourth-order valence-corrected chi connectivity index (χ4v) is 1.76. The maximum atomic E-state index is 5.72. The molecule has 0 aliphatic carbocycles. The molecular formula is C10H14ClN3O. The number of piperidine rings is 1. The second kappa shape index (κ2) is 5.28. The number of rotatable bonds is 3. The van der Waals surface area contributed by atoms with E-state index in [-0.39, 0.29) is 0 Å². The maximum absolute atomic E-state index is 5.72. The van der Waals surface area contributed by atoms with E-state index in [2.05, 4.69) is 15.3 Å². The minimum atomic E-state index is 0.356. The van der Waals surface area contributed by atoms with Crippen LogP contribution in [0.5, 0.6) is 6.01 Å². The number of aromatic nitrogens is 2. The molecule has 82 valence electrons. The molecule has 0 unspecified atom stereocenters. The average molecular weight is 228 g/mol. The smallest absolute Gasteiger partial charge is 0.317 e. The maximum Gasteiger partial charge on any atom is 0.317 e. The summed E-state index contributed by atoms with van der Waals surface area (Å²) in [4.78, 5) is 7.94. The molecule has 4 nitrogen and oxygen atoms in total. The first-order valence-corrected chi connectivity index (χ1v) is 5.57. The van der Waals surface area contributed by atoms with E-state index in [1.807, 2.05) is 0 Å². The second-order valence-electron chi connectivity index (χ2n) is 3.62. The number of hydrogen-bond acceptors (Lipinski definition) is 4. The molecule has 2 heterocycles. The first-order valence-electron chi connectivity index (χ1n) is 5.19. The van der Waals surface area contributed by atoms with Gasteiger partial charge < -0.3 is 10.1 Å². The fourth-order valence-electron chi connectivity index (χ4n) is 1.63. The zero-order valence-corrected chi connectivity index (χ0v) is 9.20. The summed E-state index contributed by atoms with van der Waals surface area (Å²) in [6, 6.07) is 2.41. The molecule has 1 aliphatic heterocycles. The van der Waals surface area contributed by atoms with Crippen molar-refractivity contribution in [2.24, 2.45) is 0 Å². The van der Waals surface area contributed by atoms with Crippen molar-refractivity contribution in [1.82, 2.24) is 15.3 Å². The van der Waals surface area contributed by atoms with Gasteiger partial charge in [-0.3, -0.25) is 0 Å². The molecule has 2 rings (SSSR count). The lowest BCUT2D eigenvalue weighted by molar-refractivity contribution is 0.224. The van der Waals surface area contributed by atoms with Crippen LogP contribution in [0.15, 0.2) is 12.3 Å². The molecule has 0 bridgehead atoms. The van der Waals surface area contributed by atoms with Crippen LogP contribution in [0, 0.1) is 0 Å². The summed E-state index contributed by atoms with van der Waals surface area (Å²) in [5, 5.41) is 3.80. The topological polar surface area (TPSA) is 47.0 Å². The molecule has 0 radical (unpaired) electrons. The van der Waals surface area contributed by atoms with Gasteiger partial charge in [0.05, 0.1) is 0 Å². The fraction of sp³-hybridized carbons (Fsp3) is 0.600. The Kier molecular flexibility index (Phi) is 3.75. The Morgan fingerprint density at radius 3 is 3.20 bits per heavy atom. The third-order valence-corrected chi connectivity index (χ3v) is 2.64. The first kappa shape index (κ1) is 10.6. The Hall–Kier alpha value is -0.870. The molecule has 0 aromatic carbocycles. The molecule has 1 atom stereocenters. The summed E-state index contributed by atoms with van der Waals surface area (Å²) in [5.74, 6) is 0. The van der Waals surface area contributed by atoms with Gasteiger partial charge in [-0.2, -0.15) is 4.98 Å². The largest absolute Gasteiger partial charge is 0.462 e. The van der Waals surface area contributed by atoms with E-state index in [9.17, 15) is 0 Å². The Morgan fingerprint density at radius 2 is 2.47 bits per heavy atom. The number of ether oxygens (including phenoxy) is 1. The molecule has 1 N–H and O–H groups in total. The zero-order valence-electron chi connectivity index (χ0n) is 8.45. The Labute approximate surface area is 94.0 Å². The molecular weight excluding hydrogens is 214 g/mol. The van der Waals surface area contributed by atoms with Crippen LogP contribution in [0.2, 0.25) is 5.15 Å². The summed E-state index contributed by atoms with van der Waals surface area (Å²) in [7, 11) is 0. The third-order valence-electron chi connectivity index (χ3n) is 2.43. The van der Waals surface area contributed by atoms with Crippen molar-refractivity contribution in [3.63, 3.8) is 0 Å². The Bertz CT molecular complexity index is 315. The van der Waals surface area contributed by atoms with Crippen LogP contribution in [0.4, 0.5) is 0 Å². The van der Waals surface area contributed by atoms with E-state index in [1.54, 1.807) is 12.3 Å². The summed E-state index contributed by atoms with van der Waals surface area (Å²) in [6.45, 7) is 1.69. The molecule has 1 aliphatic rings. The van der Waals surface area contributed by atoms with Crippen LogP contribution >= 0.6 is 11.6 Å². The van der Waals surface area contributed by atoms with E-state index < -0.39 is 0 Å². The van der Waals surface area contributed by atoms with Gasteiger partial charge in [0.1, 0.15) is 11.8 Å². The van der Waals surface area contributed by atoms with Gasteiger partial charge in [0.15, 0.2) is 0 Å². The normalized spacial score (nSPS) is 21.3. The van der Waals surface area contributed by atoms with Crippen LogP contribution in [-0.4, -0.2) is 29.2 Å². The lowest BCUT2D eigenvalue weighted by atomic mass is 10.1. The van der Waals surface area contributed by atoms with Crippen molar-refractivity contribution < 1.29 is 4.74 Å². The molecule has 1 saturated heterocycles. The SMILES string of the molecule is Clc1ccnc(OC[C@@H]2CCCCN2)n1. The molecule has 1 aromatic heterocycles. The van der Waals surface area contributed by atoms with E-state index in [4.69, 9.17) is 16.3 Å². The highest BCUT2D eigenvalue weighted by atomic mass is 35.5. The highest BCUT2D eigenvalue weighted by Crippen LogP contribution is 2.10. The van der Waals surface area contributed by atoms with Gasteiger partial charge >= 0.3 is 6.01 Å². The standard InChI is InChI=1S/C10H14ClN3O/c11-9-4-6-13-10(14-9)15-7-8-3-1-2-5-12-8/h4,6,8,12H,1-3,5,7H2/t8-/m0/s1. The number of nitrogens with one attached hydrogen (secondary N) is 1. The number of nitrogens with zero attached hydrogens (tertiary/aromatic N) is 2. The van der Waals surface area contributed by atoms with Gasteiger partial charge in [0, 0.05) is 12.2 Å². The molecule has 0 amide bonds. The molecule has 1 fully saturated rings. The summed E-state index contributed by atoms with van der Waals surface area (Å²) in [5.41, 5.74) is 0. The van der Waals surface area contributed by atoms with Crippen LogP contribution in [0.3, 0.4) is 0 Å². The highest BCUT2D eigenvalue weighted by Gasteiger charge is 2.13. The van der Waals surface area contributed by atoms with Gasteiger partial charge in [-0.25, -0.2) is 4.98 Å². The van der Waals surface area contributed by atoms with Crippen LogP contribution in [-0.2, 0) is 0 Å². The van der Waals surface area contributed by atoms with E-state index in [1.165, 1.54) is 12.8 Å². The van der Waals surface area contributed by atoms with Crippen molar-refractivity contribution in [3.05, 3.63) is 17.4 Å². The molecule has 15 heavy (non-hydrogen) atoms. The highest BCUT2D eigenvalue weighted by molar-refractivity contribution is 6.29. The van der Waals surface area contributed by atoms with Crippen molar-refractivity contribution in [3.8, 4) is 6.01 Å². The number of hydrogen-bond donors (Lipinski definition) is 1. The Morgan fingerprint density at radius 1 is 1.53 bits per heavy atom. The molecule has 1 aromatic rings. The quantitative estimate of drug-likeness (QED) is 0.798. The predicted octanol–water partition coefficient (Wildman–Crippen LogP) is 1.65. The summed E-state index contributed by atoms with van der Waals surface area (Å²) >= 11 is 5.72. The predicted molar refractivity (Wildman–Crippen MR) is 58.2 cm³/mol. The lowest BCUT2D eigenvalue weighted by Gasteiger charge is -2.22. The first-order chi connectivity index (χ1) is 7.34. The van der Waals surface area contributed by atoms with Gasteiger partial charge in [0.2, 0.25) is 0 Å². The molecule has 0 saturated carbocycles. The number of halogens is 1. The van der Waals surface area contributed by atoms with Crippen LogP contribution < -0.4 is 10.1 Å². The summed E-state index contributed by atoms with van der Waals surface area (Å²) < 4.78 is 5.46. The van der Waals surface area contributed by atoms with Crippen molar-refractivity contribution in [2.75, 3.05) is 13.2 Å². The van der Waals surface area contributed by atoms with Crippen molar-refractivity contribution in [1.29, 1.82) is 0 Å². The zero-order chi connectivity index (χ0) is 10.5. The van der Waals surface area contributed by atoms with Gasteiger partial charge in [-0.1, -0.05) is 18.0 Å². The third kappa shape index (κ3) is 3.32. The second-order valence-corrected chi connectivity index (χ2v) is 4.01. The molecule has 5 heteroatoms.